The maximum Gasteiger partial charge on any atom is 0.181 e. The molecule has 5 nitrogen and oxygen atoms in total. The van der Waals surface area contributed by atoms with E-state index in [1.54, 1.807) is 12.1 Å². The topological polar surface area (TPSA) is 74.8 Å². The lowest BCUT2D eigenvalue weighted by Gasteiger charge is -2.22. The number of aromatic nitrogens is 2. The van der Waals surface area contributed by atoms with Gasteiger partial charge in [-0.2, -0.15) is 0 Å². The molecule has 5 rings (SSSR count). The average Bonchev–Trinajstić information content (AvgIpc) is 3.15. The van der Waals surface area contributed by atoms with Gasteiger partial charge in [-0.05, 0) is 93.7 Å². The molecule has 2 N–H and O–H groups in total. The number of H-pyrrole nitrogens is 1. The number of benzene rings is 2. The summed E-state index contributed by atoms with van der Waals surface area (Å²) in [6.07, 6.45) is 1.34. The highest BCUT2D eigenvalue weighted by Gasteiger charge is 2.28. The van der Waals surface area contributed by atoms with Crippen LogP contribution in [0.5, 0.6) is 0 Å². The molecule has 0 saturated carbocycles. The number of nitrogens with one attached hydrogen (secondary N) is 2. The quantitative estimate of drug-likeness (QED) is 0.432. The molecule has 0 atom stereocenters. The number of sulfone groups is 1. The smallest absolute Gasteiger partial charge is 0.181 e. The third kappa shape index (κ3) is 4.09. The fraction of sp³-hybridized carbons (Fsp3) is 0.296. The summed E-state index contributed by atoms with van der Waals surface area (Å²) < 4.78 is 26.0. The van der Waals surface area contributed by atoms with Crippen molar-refractivity contribution in [2.75, 3.05) is 13.1 Å². The van der Waals surface area contributed by atoms with E-state index in [0.717, 1.165) is 52.4 Å². The van der Waals surface area contributed by atoms with Crippen molar-refractivity contribution in [1.29, 1.82) is 0 Å². The van der Waals surface area contributed by atoms with E-state index >= 15 is 0 Å². The Balaban J connectivity index is 1.48. The molecule has 0 unspecified atom stereocenters. The molecule has 0 aliphatic carbocycles. The van der Waals surface area contributed by atoms with E-state index < -0.39 is 9.84 Å². The first-order valence-electron chi connectivity index (χ1n) is 11.5. The van der Waals surface area contributed by atoms with Crippen molar-refractivity contribution in [1.82, 2.24) is 15.3 Å². The summed E-state index contributed by atoms with van der Waals surface area (Å²) in [5, 5.41) is 4.13. The summed E-state index contributed by atoms with van der Waals surface area (Å²) in [7, 11) is -3.29. The molecule has 0 radical (unpaired) electrons. The van der Waals surface area contributed by atoms with Crippen LogP contribution in [-0.2, 0) is 9.84 Å². The SMILES string of the molecule is Cc1cc(-c2[nH]c3cc(-c4ccc(S(=O)(=O)C5CCNCC5)cc4)ccc3c2C)cc(C)n1. The lowest BCUT2D eigenvalue weighted by atomic mass is 10.0. The predicted molar refractivity (Wildman–Crippen MR) is 134 cm³/mol. The second-order valence-corrected chi connectivity index (χ2v) is 11.3. The summed E-state index contributed by atoms with van der Waals surface area (Å²) in [6.45, 7) is 7.69. The van der Waals surface area contributed by atoms with E-state index in [1.165, 1.54) is 10.9 Å². The van der Waals surface area contributed by atoms with Gasteiger partial charge in [0.2, 0.25) is 0 Å². The fourth-order valence-electron chi connectivity index (χ4n) is 4.92. The van der Waals surface area contributed by atoms with Crippen LogP contribution in [0.3, 0.4) is 0 Å². The van der Waals surface area contributed by atoms with Gasteiger partial charge in [0.1, 0.15) is 0 Å². The normalized spacial score (nSPS) is 15.2. The zero-order valence-electron chi connectivity index (χ0n) is 19.3. The van der Waals surface area contributed by atoms with Crippen molar-refractivity contribution in [2.24, 2.45) is 0 Å². The number of nitrogens with zero attached hydrogens (tertiary/aromatic N) is 1. The molecule has 3 heterocycles. The van der Waals surface area contributed by atoms with Gasteiger partial charge in [0.05, 0.1) is 10.1 Å². The van der Waals surface area contributed by atoms with Gasteiger partial charge in [-0.1, -0.05) is 24.3 Å². The minimum Gasteiger partial charge on any atom is -0.354 e. The third-order valence-corrected chi connectivity index (χ3v) is 8.95. The molecule has 1 aliphatic rings. The Morgan fingerprint density at radius 1 is 0.818 bits per heavy atom. The minimum absolute atomic E-state index is 0.290. The van der Waals surface area contributed by atoms with Crippen molar-refractivity contribution in [3.8, 4) is 22.4 Å². The van der Waals surface area contributed by atoms with E-state index in [9.17, 15) is 8.42 Å². The van der Waals surface area contributed by atoms with E-state index in [1.807, 2.05) is 26.0 Å². The van der Waals surface area contributed by atoms with Gasteiger partial charge in [0.15, 0.2) is 9.84 Å². The molecule has 0 amide bonds. The van der Waals surface area contributed by atoms with Gasteiger partial charge in [0.25, 0.3) is 0 Å². The maximum atomic E-state index is 13.0. The van der Waals surface area contributed by atoms with Crippen LogP contribution < -0.4 is 5.32 Å². The highest BCUT2D eigenvalue weighted by molar-refractivity contribution is 7.92. The molecule has 1 fully saturated rings. The molecular formula is C27H29N3O2S. The van der Waals surface area contributed by atoms with Gasteiger partial charge in [-0.3, -0.25) is 4.98 Å². The van der Waals surface area contributed by atoms with Crippen molar-refractivity contribution in [2.45, 2.75) is 43.8 Å². The summed E-state index contributed by atoms with van der Waals surface area (Å²) in [5.41, 5.74) is 8.60. The number of piperidine rings is 1. The number of rotatable bonds is 4. The Bertz CT molecular complexity index is 1410. The Kier molecular flexibility index (Phi) is 5.59. The Morgan fingerprint density at radius 2 is 1.45 bits per heavy atom. The second-order valence-electron chi connectivity index (χ2n) is 9.04. The molecule has 2 aromatic carbocycles. The van der Waals surface area contributed by atoms with Crippen LogP contribution in [0.25, 0.3) is 33.3 Å². The van der Waals surface area contributed by atoms with Crippen molar-refractivity contribution < 1.29 is 8.42 Å². The Labute approximate surface area is 195 Å². The van der Waals surface area contributed by atoms with Crippen LogP contribution in [0.15, 0.2) is 59.5 Å². The number of hydrogen-bond acceptors (Lipinski definition) is 4. The molecule has 4 aromatic rings. The van der Waals surface area contributed by atoms with E-state index in [2.05, 4.69) is 52.5 Å². The zero-order chi connectivity index (χ0) is 23.2. The molecule has 1 saturated heterocycles. The number of pyridine rings is 1. The highest BCUT2D eigenvalue weighted by Crippen LogP contribution is 2.33. The number of aromatic amines is 1. The largest absolute Gasteiger partial charge is 0.354 e. The van der Waals surface area contributed by atoms with E-state index in [0.29, 0.717) is 17.7 Å². The molecule has 33 heavy (non-hydrogen) atoms. The van der Waals surface area contributed by atoms with Gasteiger partial charge in [0, 0.05) is 33.5 Å². The first-order valence-corrected chi connectivity index (χ1v) is 13.0. The highest BCUT2D eigenvalue weighted by atomic mass is 32.2. The molecule has 0 bridgehead atoms. The molecule has 0 spiro atoms. The van der Waals surface area contributed by atoms with Crippen molar-refractivity contribution in [3.63, 3.8) is 0 Å². The van der Waals surface area contributed by atoms with E-state index in [-0.39, 0.29) is 5.25 Å². The molecule has 1 aliphatic heterocycles. The summed E-state index contributed by atoms with van der Waals surface area (Å²) in [4.78, 5) is 8.50. The van der Waals surface area contributed by atoms with Gasteiger partial charge in [-0.25, -0.2) is 8.42 Å². The molecule has 6 heteroatoms. The van der Waals surface area contributed by atoms with Gasteiger partial charge in [-0.15, -0.1) is 0 Å². The Morgan fingerprint density at radius 3 is 2.12 bits per heavy atom. The first kappa shape index (κ1) is 21.9. The minimum atomic E-state index is -3.29. The standard InChI is InChI=1S/C27H29N3O2S/c1-17-14-22(15-18(2)29-17)27-19(3)25-9-6-21(16-26(25)30-27)20-4-7-23(8-5-20)33(31,32)24-10-12-28-13-11-24/h4-9,14-16,24,28,30H,10-13H2,1-3H3. The summed E-state index contributed by atoms with van der Waals surface area (Å²) in [6, 6.07) is 17.9. The number of fused-ring (bicyclic) bond motifs is 1. The molecule has 170 valence electrons. The first-order chi connectivity index (χ1) is 15.8. The number of aryl methyl sites for hydroxylation is 3. The van der Waals surface area contributed by atoms with Crippen LogP contribution in [0.2, 0.25) is 0 Å². The van der Waals surface area contributed by atoms with Gasteiger partial charge >= 0.3 is 0 Å². The van der Waals surface area contributed by atoms with Crippen LogP contribution in [0.4, 0.5) is 0 Å². The van der Waals surface area contributed by atoms with Crippen LogP contribution in [-0.4, -0.2) is 36.7 Å². The van der Waals surface area contributed by atoms with Crippen molar-refractivity contribution >= 4 is 20.7 Å². The van der Waals surface area contributed by atoms with Crippen LogP contribution >= 0.6 is 0 Å². The number of hydrogen-bond donors (Lipinski definition) is 2. The summed E-state index contributed by atoms with van der Waals surface area (Å²) in [5.74, 6) is 0. The maximum absolute atomic E-state index is 13.0. The molecular weight excluding hydrogens is 430 g/mol. The average molecular weight is 460 g/mol. The monoisotopic (exact) mass is 459 g/mol. The molecule has 2 aromatic heterocycles. The Hall–Kier alpha value is -2.96. The van der Waals surface area contributed by atoms with Crippen LogP contribution in [0, 0.1) is 20.8 Å². The van der Waals surface area contributed by atoms with Crippen LogP contribution in [0.1, 0.15) is 29.8 Å². The lowest BCUT2D eigenvalue weighted by molar-refractivity contribution is 0.496. The summed E-state index contributed by atoms with van der Waals surface area (Å²) >= 11 is 0. The van der Waals surface area contributed by atoms with E-state index in [4.69, 9.17) is 0 Å². The zero-order valence-corrected chi connectivity index (χ0v) is 20.1. The predicted octanol–water partition coefficient (Wildman–Crippen LogP) is 5.35. The second kappa shape index (κ2) is 8.43. The lowest BCUT2D eigenvalue weighted by Crippen LogP contribution is -2.35. The van der Waals surface area contributed by atoms with Crippen molar-refractivity contribution in [3.05, 3.63) is 71.5 Å². The third-order valence-electron chi connectivity index (χ3n) is 6.67. The van der Waals surface area contributed by atoms with Gasteiger partial charge < -0.3 is 10.3 Å². The fourth-order valence-corrected chi connectivity index (χ4v) is 6.68.